The molecule has 0 radical (unpaired) electrons. The van der Waals surface area contributed by atoms with Crippen LogP contribution in [0.25, 0.3) is 34.0 Å². The second-order valence-corrected chi connectivity index (χ2v) is 18.3. The summed E-state index contributed by atoms with van der Waals surface area (Å²) in [5.74, 6) is 2.64. The Bertz CT molecular complexity index is 3010. The summed E-state index contributed by atoms with van der Waals surface area (Å²) in [6, 6.07) is 14.3. The zero-order chi connectivity index (χ0) is 50.2. The smallest absolute Gasteiger partial charge is 0.230 e. The summed E-state index contributed by atoms with van der Waals surface area (Å²) in [4.78, 5) is 40.5. The van der Waals surface area contributed by atoms with Crippen LogP contribution in [0, 0.1) is 11.6 Å². The fraction of sp³-hybridized carbons (Fsp3) is 0.370. The average molecular weight is 992 g/mol. The molecular formula is C54H57ClF2N6O8. The molecule has 10 rings (SSSR count). The van der Waals surface area contributed by atoms with Crippen LogP contribution in [0.2, 0.25) is 0 Å². The number of carbonyl (C=O) groups excluding carboxylic acids is 2. The van der Waals surface area contributed by atoms with Crippen molar-refractivity contribution in [2.24, 2.45) is 0 Å². The first-order valence-electron chi connectivity index (χ1n) is 23.6. The normalized spacial score (nSPS) is 15.6. The largest absolute Gasteiger partial charge is 0.493 e. The number of nitrogens with zero attached hydrogens (tertiary/aromatic N) is 5. The van der Waals surface area contributed by atoms with E-state index >= 15 is 8.78 Å². The van der Waals surface area contributed by atoms with E-state index in [-0.39, 0.29) is 58.7 Å². The second kappa shape index (κ2) is 23.0. The zero-order valence-corrected chi connectivity index (χ0v) is 41.5. The minimum absolute atomic E-state index is 0.0131. The van der Waals surface area contributed by atoms with E-state index in [1.807, 2.05) is 44.2 Å². The maximum absolute atomic E-state index is 15.1. The molecule has 372 valence electrons. The quantitative estimate of drug-likeness (QED) is 0.109. The number of methoxy groups -OCH3 is 2. The first-order valence-corrected chi connectivity index (χ1v) is 24.1. The molecule has 2 aliphatic carbocycles. The van der Waals surface area contributed by atoms with Gasteiger partial charge in [0, 0.05) is 36.3 Å². The number of likely N-dealkylation sites (tertiary alicyclic amines) is 1. The number of halogens is 3. The Morgan fingerprint density at radius 1 is 0.648 bits per heavy atom. The number of nitrogens with one attached hydrogen (secondary N) is 1. The van der Waals surface area contributed by atoms with E-state index in [0.29, 0.717) is 62.5 Å². The van der Waals surface area contributed by atoms with Gasteiger partial charge in [-0.3, -0.25) is 14.5 Å². The van der Waals surface area contributed by atoms with Gasteiger partial charge in [-0.05, 0) is 115 Å². The molecule has 0 bridgehead atoms. The van der Waals surface area contributed by atoms with Crippen molar-refractivity contribution in [3.05, 3.63) is 106 Å². The highest BCUT2D eigenvalue weighted by atomic mass is 35.5. The van der Waals surface area contributed by atoms with Crippen molar-refractivity contribution in [3.63, 3.8) is 0 Å². The number of Topliss-reactive ketones (excluding diaryl/α,β-unsaturated/α-hetero) is 2. The number of aromatic nitrogens is 4. The van der Waals surface area contributed by atoms with Crippen LogP contribution in [0.4, 0.5) is 8.78 Å². The molecule has 0 atom stereocenters. The predicted octanol–water partition coefficient (Wildman–Crippen LogP) is 10.4. The monoisotopic (exact) mass is 990 g/mol. The fourth-order valence-electron chi connectivity index (χ4n) is 8.93. The number of rotatable bonds is 13. The Morgan fingerprint density at radius 2 is 1.10 bits per heavy atom. The standard InChI is InChI=1S/C27H28FN3O4.C24H24FN3O3.C3H5ClO/c1-16-10-18-4-5-23(26(28)20(18)11-16)35-27-21-12-24(33-3)25(13-22(21)29-15-30-27)34-19-6-8-31(9-7-19)14-17(2)32;1-14-9-15-3-4-20(23(25)17(15)10-14)31-24-18-11-21(29-2)22(12-19(18)27-13-28-24)30-16-5-7-26-8-6-16;1-3(5)2-4/h4-5,11-13,15,19H,6-10,14H2,1-3H3;3-4,10-13,16,26H,5-9H2,1-2H3;2H2,1H3. The summed E-state index contributed by atoms with van der Waals surface area (Å²) in [6.07, 6.45) is 11.7. The highest BCUT2D eigenvalue weighted by Gasteiger charge is 2.26. The molecule has 4 heterocycles. The molecule has 17 heteroatoms. The van der Waals surface area contributed by atoms with Gasteiger partial charge in [0.25, 0.3) is 0 Å². The number of allylic oxidation sites excluding steroid dienone is 2. The van der Waals surface area contributed by atoms with Crippen molar-refractivity contribution in [1.29, 1.82) is 0 Å². The first-order chi connectivity index (χ1) is 34.3. The lowest BCUT2D eigenvalue weighted by molar-refractivity contribution is -0.118. The van der Waals surface area contributed by atoms with Crippen molar-refractivity contribution in [2.75, 3.05) is 52.8 Å². The van der Waals surface area contributed by atoms with E-state index in [2.05, 4.69) is 30.2 Å². The highest BCUT2D eigenvalue weighted by Crippen LogP contribution is 2.41. The Labute approximate surface area is 416 Å². The van der Waals surface area contributed by atoms with Crippen LogP contribution in [0.5, 0.6) is 46.3 Å². The SMILES string of the molecule is CC(=O)CCl.COc1cc2c(Oc3ccc4c(c3F)C=C(C)C4)ncnc2cc1OC1CCN(CC(C)=O)CC1.COc1cc2c(Oc3ccc4c(c3F)C=C(C)C4)ncnc2cc1OC1CCNCC1. The van der Waals surface area contributed by atoms with E-state index in [9.17, 15) is 9.59 Å². The van der Waals surface area contributed by atoms with E-state index in [1.54, 1.807) is 51.5 Å². The lowest BCUT2D eigenvalue weighted by Gasteiger charge is -2.31. The third-order valence-electron chi connectivity index (χ3n) is 12.4. The molecule has 0 saturated carbocycles. The first kappa shape index (κ1) is 50.6. The van der Waals surface area contributed by atoms with Crippen molar-refractivity contribution in [1.82, 2.24) is 30.2 Å². The summed E-state index contributed by atoms with van der Waals surface area (Å²) >= 11 is 4.99. The maximum Gasteiger partial charge on any atom is 0.230 e. The summed E-state index contributed by atoms with van der Waals surface area (Å²) in [5.41, 5.74) is 6.58. The van der Waals surface area contributed by atoms with Gasteiger partial charge in [0.05, 0.1) is 48.5 Å². The van der Waals surface area contributed by atoms with Crippen molar-refractivity contribution < 1.29 is 46.8 Å². The number of alkyl halides is 1. The number of hydrogen-bond donors (Lipinski definition) is 1. The molecule has 4 aliphatic rings. The van der Waals surface area contributed by atoms with Crippen LogP contribution < -0.4 is 33.7 Å². The minimum Gasteiger partial charge on any atom is -0.493 e. The Hall–Kier alpha value is -6.75. The number of hydrogen-bond acceptors (Lipinski definition) is 14. The molecule has 1 N–H and O–H groups in total. The van der Waals surface area contributed by atoms with Gasteiger partial charge >= 0.3 is 0 Å². The van der Waals surface area contributed by atoms with Crippen LogP contribution in [-0.4, -0.2) is 101 Å². The number of carbonyl (C=O) groups is 2. The lowest BCUT2D eigenvalue weighted by atomic mass is 10.1. The molecule has 0 amide bonds. The molecule has 2 aliphatic heterocycles. The van der Waals surface area contributed by atoms with Gasteiger partial charge < -0.3 is 33.7 Å². The van der Waals surface area contributed by atoms with E-state index in [4.69, 9.17) is 40.0 Å². The van der Waals surface area contributed by atoms with Gasteiger partial charge in [0.1, 0.15) is 36.4 Å². The maximum atomic E-state index is 15.1. The Balaban J connectivity index is 0.000000175. The van der Waals surface area contributed by atoms with Crippen molar-refractivity contribution in [3.8, 4) is 46.3 Å². The molecule has 4 aromatic carbocycles. The number of ether oxygens (including phenoxy) is 6. The molecule has 71 heavy (non-hydrogen) atoms. The van der Waals surface area contributed by atoms with Crippen LogP contribution >= 0.6 is 11.6 Å². The zero-order valence-electron chi connectivity index (χ0n) is 40.7. The van der Waals surface area contributed by atoms with Gasteiger partial charge in [0.2, 0.25) is 11.8 Å². The van der Waals surface area contributed by atoms with Crippen molar-refractivity contribution >= 4 is 57.1 Å². The molecular weight excluding hydrogens is 934 g/mol. The molecule has 0 spiro atoms. The summed E-state index contributed by atoms with van der Waals surface area (Å²) < 4.78 is 65.6. The van der Waals surface area contributed by atoms with Gasteiger partial charge in [-0.15, -0.1) is 11.6 Å². The Morgan fingerprint density at radius 3 is 1.52 bits per heavy atom. The third kappa shape index (κ3) is 12.2. The molecule has 2 saturated heterocycles. The van der Waals surface area contributed by atoms with Gasteiger partial charge in [-0.1, -0.05) is 35.4 Å². The number of fused-ring (bicyclic) bond motifs is 4. The van der Waals surface area contributed by atoms with Crippen LogP contribution in [-0.2, 0) is 22.4 Å². The average Bonchev–Trinajstić information content (AvgIpc) is 3.96. The molecule has 2 fully saturated rings. The molecule has 6 aromatic rings. The number of ketones is 2. The second-order valence-electron chi connectivity index (χ2n) is 18.0. The minimum atomic E-state index is -0.394. The van der Waals surface area contributed by atoms with Gasteiger partial charge in [-0.25, -0.2) is 28.7 Å². The van der Waals surface area contributed by atoms with Crippen LogP contribution in [0.15, 0.2) is 72.3 Å². The summed E-state index contributed by atoms with van der Waals surface area (Å²) in [6.45, 7) is 11.0. The molecule has 14 nitrogen and oxygen atoms in total. The third-order valence-corrected chi connectivity index (χ3v) is 12.8. The topological polar surface area (TPSA) is 156 Å². The van der Waals surface area contributed by atoms with E-state index in [0.717, 1.165) is 87.0 Å². The fourth-order valence-corrected chi connectivity index (χ4v) is 8.93. The van der Waals surface area contributed by atoms with E-state index in [1.165, 1.54) is 19.6 Å². The summed E-state index contributed by atoms with van der Waals surface area (Å²) in [7, 11) is 3.16. The van der Waals surface area contributed by atoms with Gasteiger partial charge in [0.15, 0.2) is 46.1 Å². The Kier molecular flexibility index (Phi) is 16.4. The van der Waals surface area contributed by atoms with E-state index < -0.39 is 5.82 Å². The molecule has 0 unspecified atom stereocenters. The van der Waals surface area contributed by atoms with Crippen LogP contribution in [0.1, 0.15) is 75.6 Å². The van der Waals surface area contributed by atoms with Crippen LogP contribution in [0.3, 0.4) is 0 Å². The van der Waals surface area contributed by atoms with Gasteiger partial charge in [-0.2, -0.15) is 0 Å². The molecule has 2 aromatic heterocycles. The number of benzene rings is 4. The van der Waals surface area contributed by atoms with Crippen molar-refractivity contribution in [2.45, 2.75) is 78.4 Å². The predicted molar refractivity (Wildman–Crippen MR) is 269 cm³/mol. The highest BCUT2D eigenvalue weighted by molar-refractivity contribution is 6.27. The summed E-state index contributed by atoms with van der Waals surface area (Å²) in [5, 5.41) is 4.55. The number of piperidine rings is 2. The lowest BCUT2D eigenvalue weighted by Crippen LogP contribution is -2.40.